The molecule has 0 saturated carbocycles. The van der Waals surface area contributed by atoms with E-state index < -0.39 is 0 Å². The fourth-order valence-corrected chi connectivity index (χ4v) is 2.23. The van der Waals surface area contributed by atoms with Crippen molar-refractivity contribution in [3.63, 3.8) is 0 Å². The van der Waals surface area contributed by atoms with Gasteiger partial charge < -0.3 is 4.90 Å². The van der Waals surface area contributed by atoms with Crippen LogP contribution in [0, 0.1) is 0 Å². The second-order valence-electron chi connectivity index (χ2n) is 5.02. The van der Waals surface area contributed by atoms with E-state index in [1.807, 2.05) is 36.4 Å². The molecule has 3 heterocycles. The standard InChI is InChI=1S/C18H16N4O/c23-18(17-9-3-6-12-21-17)22(13-15-7-1-4-10-19-15)14-16-8-2-5-11-20-16/h1-12H,13-14H2. The number of amides is 1. The van der Waals surface area contributed by atoms with Gasteiger partial charge in [-0.25, -0.2) is 0 Å². The molecule has 3 aromatic heterocycles. The van der Waals surface area contributed by atoms with Gasteiger partial charge in [0.2, 0.25) is 0 Å². The van der Waals surface area contributed by atoms with E-state index in [2.05, 4.69) is 15.0 Å². The van der Waals surface area contributed by atoms with E-state index in [-0.39, 0.29) is 5.91 Å². The van der Waals surface area contributed by atoms with Gasteiger partial charge >= 0.3 is 0 Å². The van der Waals surface area contributed by atoms with Crippen LogP contribution in [0.5, 0.6) is 0 Å². The van der Waals surface area contributed by atoms with E-state index in [0.29, 0.717) is 18.8 Å². The number of rotatable bonds is 5. The van der Waals surface area contributed by atoms with Crippen LogP contribution in [0.3, 0.4) is 0 Å². The first kappa shape index (κ1) is 14.8. The molecule has 23 heavy (non-hydrogen) atoms. The summed E-state index contributed by atoms with van der Waals surface area (Å²) >= 11 is 0. The predicted molar refractivity (Wildman–Crippen MR) is 86.3 cm³/mol. The van der Waals surface area contributed by atoms with Crippen LogP contribution in [0.15, 0.2) is 73.2 Å². The molecule has 0 spiro atoms. The summed E-state index contributed by atoms with van der Waals surface area (Å²) < 4.78 is 0. The van der Waals surface area contributed by atoms with Gasteiger partial charge in [0, 0.05) is 18.6 Å². The summed E-state index contributed by atoms with van der Waals surface area (Å²) in [5.74, 6) is -0.137. The summed E-state index contributed by atoms with van der Waals surface area (Å²) in [6.45, 7) is 0.819. The number of hydrogen-bond acceptors (Lipinski definition) is 4. The third-order valence-electron chi connectivity index (χ3n) is 3.33. The summed E-state index contributed by atoms with van der Waals surface area (Å²) in [5.41, 5.74) is 2.07. The Labute approximate surface area is 134 Å². The first-order valence-corrected chi connectivity index (χ1v) is 7.33. The van der Waals surface area contributed by atoms with E-state index in [1.54, 1.807) is 41.7 Å². The molecule has 0 bridgehead atoms. The molecule has 114 valence electrons. The highest BCUT2D eigenvalue weighted by Crippen LogP contribution is 2.11. The number of carbonyl (C=O) groups excluding carboxylic acids is 1. The van der Waals surface area contributed by atoms with E-state index in [9.17, 15) is 4.79 Å². The lowest BCUT2D eigenvalue weighted by molar-refractivity contribution is 0.0719. The molecular formula is C18H16N4O. The maximum Gasteiger partial charge on any atom is 0.273 e. The van der Waals surface area contributed by atoms with Gasteiger partial charge in [-0.15, -0.1) is 0 Å². The molecular weight excluding hydrogens is 288 g/mol. The van der Waals surface area contributed by atoms with Crippen LogP contribution in [0.1, 0.15) is 21.9 Å². The number of carbonyl (C=O) groups is 1. The molecule has 0 N–H and O–H groups in total. The first-order chi connectivity index (χ1) is 11.3. The minimum absolute atomic E-state index is 0.137. The molecule has 0 aromatic carbocycles. The van der Waals surface area contributed by atoms with Crippen molar-refractivity contribution in [2.24, 2.45) is 0 Å². The highest BCUT2D eigenvalue weighted by molar-refractivity contribution is 5.92. The van der Waals surface area contributed by atoms with Crippen LogP contribution in [0.25, 0.3) is 0 Å². The third-order valence-corrected chi connectivity index (χ3v) is 3.33. The van der Waals surface area contributed by atoms with E-state index >= 15 is 0 Å². The molecule has 0 radical (unpaired) electrons. The van der Waals surface area contributed by atoms with Crippen LogP contribution in [-0.2, 0) is 13.1 Å². The van der Waals surface area contributed by atoms with Crippen LogP contribution in [0.2, 0.25) is 0 Å². The van der Waals surface area contributed by atoms with Crippen molar-refractivity contribution in [2.75, 3.05) is 0 Å². The molecule has 1 amide bonds. The van der Waals surface area contributed by atoms with Crippen molar-refractivity contribution in [2.45, 2.75) is 13.1 Å². The monoisotopic (exact) mass is 304 g/mol. The molecule has 5 heteroatoms. The average molecular weight is 304 g/mol. The zero-order valence-electron chi connectivity index (χ0n) is 12.5. The molecule has 0 aliphatic carbocycles. The quantitative estimate of drug-likeness (QED) is 0.727. The normalized spacial score (nSPS) is 10.3. The summed E-state index contributed by atoms with van der Waals surface area (Å²) in [6, 6.07) is 16.6. The van der Waals surface area contributed by atoms with Crippen molar-refractivity contribution < 1.29 is 4.79 Å². The predicted octanol–water partition coefficient (Wildman–Crippen LogP) is 2.71. The Morgan fingerprint density at radius 1 is 0.739 bits per heavy atom. The van der Waals surface area contributed by atoms with Gasteiger partial charge in [0.15, 0.2) is 0 Å². The second-order valence-corrected chi connectivity index (χ2v) is 5.02. The zero-order chi connectivity index (χ0) is 15.9. The average Bonchev–Trinajstić information content (AvgIpc) is 2.63. The van der Waals surface area contributed by atoms with Crippen molar-refractivity contribution in [3.8, 4) is 0 Å². The van der Waals surface area contributed by atoms with Crippen molar-refractivity contribution in [3.05, 3.63) is 90.3 Å². The molecule has 0 atom stereocenters. The van der Waals surface area contributed by atoms with Crippen molar-refractivity contribution in [1.82, 2.24) is 19.9 Å². The van der Waals surface area contributed by atoms with E-state index in [4.69, 9.17) is 0 Å². The Morgan fingerprint density at radius 3 is 1.70 bits per heavy atom. The number of hydrogen-bond donors (Lipinski definition) is 0. The van der Waals surface area contributed by atoms with Crippen molar-refractivity contribution in [1.29, 1.82) is 0 Å². The lowest BCUT2D eigenvalue weighted by atomic mass is 10.2. The second kappa shape index (κ2) is 7.26. The van der Waals surface area contributed by atoms with Gasteiger partial charge in [0.25, 0.3) is 5.91 Å². The summed E-state index contributed by atoms with van der Waals surface area (Å²) in [7, 11) is 0. The summed E-state index contributed by atoms with van der Waals surface area (Å²) in [6.07, 6.45) is 5.06. The maximum atomic E-state index is 12.8. The van der Waals surface area contributed by atoms with Crippen LogP contribution < -0.4 is 0 Å². The Bertz CT molecular complexity index is 706. The van der Waals surface area contributed by atoms with Gasteiger partial charge in [0.1, 0.15) is 5.69 Å². The maximum absolute atomic E-state index is 12.8. The van der Waals surface area contributed by atoms with Crippen molar-refractivity contribution >= 4 is 5.91 Å². The van der Waals surface area contributed by atoms with Crippen LogP contribution in [-0.4, -0.2) is 25.8 Å². The van der Waals surface area contributed by atoms with E-state index in [0.717, 1.165) is 11.4 Å². The Kier molecular flexibility index (Phi) is 4.69. The Morgan fingerprint density at radius 2 is 1.26 bits per heavy atom. The molecule has 5 nitrogen and oxygen atoms in total. The smallest absolute Gasteiger partial charge is 0.273 e. The van der Waals surface area contributed by atoms with Gasteiger partial charge in [-0.2, -0.15) is 0 Å². The topological polar surface area (TPSA) is 59.0 Å². The first-order valence-electron chi connectivity index (χ1n) is 7.33. The number of pyridine rings is 3. The molecule has 0 aliphatic heterocycles. The van der Waals surface area contributed by atoms with E-state index in [1.165, 1.54) is 0 Å². The molecule has 3 aromatic rings. The third kappa shape index (κ3) is 3.97. The number of nitrogens with zero attached hydrogens (tertiary/aromatic N) is 4. The van der Waals surface area contributed by atoms with Gasteiger partial charge in [-0.05, 0) is 36.4 Å². The zero-order valence-corrected chi connectivity index (χ0v) is 12.5. The lowest BCUT2D eigenvalue weighted by Crippen LogP contribution is -2.31. The Hall–Kier alpha value is -3.08. The lowest BCUT2D eigenvalue weighted by Gasteiger charge is -2.21. The molecule has 0 saturated heterocycles. The number of aromatic nitrogens is 3. The fourth-order valence-electron chi connectivity index (χ4n) is 2.23. The van der Waals surface area contributed by atoms with Gasteiger partial charge in [0.05, 0.1) is 24.5 Å². The molecule has 3 rings (SSSR count). The highest BCUT2D eigenvalue weighted by Gasteiger charge is 2.18. The van der Waals surface area contributed by atoms with Crippen LogP contribution >= 0.6 is 0 Å². The summed E-state index contributed by atoms with van der Waals surface area (Å²) in [5, 5.41) is 0. The van der Waals surface area contributed by atoms with Gasteiger partial charge in [-0.3, -0.25) is 19.7 Å². The molecule has 0 aliphatic rings. The SMILES string of the molecule is O=C(c1ccccn1)N(Cc1ccccn1)Cc1ccccn1. The van der Waals surface area contributed by atoms with Gasteiger partial charge in [-0.1, -0.05) is 18.2 Å². The molecule has 0 unspecified atom stereocenters. The Balaban J connectivity index is 1.85. The minimum Gasteiger partial charge on any atom is -0.326 e. The largest absolute Gasteiger partial charge is 0.326 e. The van der Waals surface area contributed by atoms with Crippen LogP contribution in [0.4, 0.5) is 0 Å². The summed E-state index contributed by atoms with van der Waals surface area (Å²) in [4.78, 5) is 27.2. The minimum atomic E-state index is -0.137. The molecule has 0 fully saturated rings. The highest BCUT2D eigenvalue weighted by atomic mass is 16.2. The fraction of sp³-hybridized carbons (Fsp3) is 0.111.